The first-order valence-corrected chi connectivity index (χ1v) is 5.58. The van der Waals surface area contributed by atoms with Crippen molar-refractivity contribution in [2.75, 3.05) is 11.5 Å². The van der Waals surface area contributed by atoms with Gasteiger partial charge in [-0.1, -0.05) is 38.7 Å². The summed E-state index contributed by atoms with van der Waals surface area (Å²) in [5.74, 6) is 6.50. The summed E-state index contributed by atoms with van der Waals surface area (Å²) in [6, 6.07) is 6.04. The van der Waals surface area contributed by atoms with Crippen LogP contribution in [0.1, 0.15) is 31.9 Å². The van der Waals surface area contributed by atoms with E-state index in [1.807, 2.05) is 6.07 Å². The molecule has 0 aliphatic carbocycles. The minimum Gasteiger partial charge on any atom is -0.398 e. The molecular formula is C13H17NS. The lowest BCUT2D eigenvalue weighted by Gasteiger charge is -2.19. The average molecular weight is 219 g/mol. The van der Waals surface area contributed by atoms with Gasteiger partial charge in [0.25, 0.3) is 0 Å². The summed E-state index contributed by atoms with van der Waals surface area (Å²) in [5, 5.41) is 0. The second-order valence-electron chi connectivity index (χ2n) is 4.51. The molecule has 0 atom stereocenters. The molecule has 0 radical (unpaired) electrons. The van der Waals surface area contributed by atoms with Gasteiger partial charge in [0.15, 0.2) is 0 Å². The Morgan fingerprint density at radius 1 is 1.33 bits per heavy atom. The Hall–Kier alpha value is -1.07. The van der Waals surface area contributed by atoms with Gasteiger partial charge in [0.05, 0.1) is 5.75 Å². The van der Waals surface area contributed by atoms with Crippen molar-refractivity contribution in [2.24, 2.45) is 0 Å². The van der Waals surface area contributed by atoms with Crippen molar-refractivity contribution in [3.8, 4) is 11.8 Å². The monoisotopic (exact) mass is 219 g/mol. The lowest BCUT2D eigenvalue weighted by molar-refractivity contribution is 0.590. The first-order chi connectivity index (χ1) is 6.95. The number of rotatable bonds is 0. The molecule has 1 aromatic carbocycles. The molecule has 2 heteroatoms. The fraction of sp³-hybridized carbons (Fsp3) is 0.385. The van der Waals surface area contributed by atoms with Gasteiger partial charge in [0.1, 0.15) is 0 Å². The normalized spacial score (nSPS) is 10.7. The van der Waals surface area contributed by atoms with Crippen LogP contribution in [0, 0.1) is 11.8 Å². The Bertz CT molecular complexity index is 405. The van der Waals surface area contributed by atoms with Crippen LogP contribution < -0.4 is 5.73 Å². The van der Waals surface area contributed by atoms with Crippen molar-refractivity contribution < 1.29 is 0 Å². The van der Waals surface area contributed by atoms with Crippen LogP contribution in [0.4, 0.5) is 5.69 Å². The highest BCUT2D eigenvalue weighted by Gasteiger charge is 2.14. The molecule has 0 aliphatic heterocycles. The molecule has 0 unspecified atom stereocenters. The van der Waals surface area contributed by atoms with E-state index >= 15 is 0 Å². The zero-order valence-corrected chi connectivity index (χ0v) is 10.4. The molecule has 0 fully saturated rings. The standard InChI is InChI=1S/C13H17NS/c1-13(2,3)11-6-7-12(14)10(9-11)5-4-8-15/h6-7,9,15H,8,14H2,1-3H3. The Morgan fingerprint density at radius 2 is 2.00 bits per heavy atom. The highest BCUT2D eigenvalue weighted by Crippen LogP contribution is 2.25. The average Bonchev–Trinajstić information content (AvgIpc) is 2.15. The Morgan fingerprint density at radius 3 is 2.53 bits per heavy atom. The lowest BCUT2D eigenvalue weighted by atomic mass is 9.86. The van der Waals surface area contributed by atoms with E-state index < -0.39 is 0 Å². The molecule has 0 heterocycles. The largest absolute Gasteiger partial charge is 0.398 e. The Labute approximate surface area is 97.5 Å². The molecule has 80 valence electrons. The van der Waals surface area contributed by atoms with E-state index in [1.165, 1.54) is 5.56 Å². The second-order valence-corrected chi connectivity index (χ2v) is 4.83. The van der Waals surface area contributed by atoms with Crippen LogP contribution in [0.15, 0.2) is 18.2 Å². The summed E-state index contributed by atoms with van der Waals surface area (Å²) in [7, 11) is 0. The molecule has 1 aromatic rings. The van der Waals surface area contributed by atoms with Crippen LogP contribution in [0.2, 0.25) is 0 Å². The number of thiol groups is 1. The smallest absolute Gasteiger partial charge is 0.0521 e. The van der Waals surface area contributed by atoms with Crippen LogP contribution in [0.5, 0.6) is 0 Å². The quantitative estimate of drug-likeness (QED) is 0.392. The van der Waals surface area contributed by atoms with Gasteiger partial charge in [-0.3, -0.25) is 0 Å². The first kappa shape index (κ1) is 12.0. The first-order valence-electron chi connectivity index (χ1n) is 4.95. The van der Waals surface area contributed by atoms with Crippen LogP contribution >= 0.6 is 12.6 Å². The van der Waals surface area contributed by atoms with Gasteiger partial charge in [-0.15, -0.1) is 0 Å². The number of anilines is 1. The van der Waals surface area contributed by atoms with Gasteiger partial charge < -0.3 is 5.73 Å². The van der Waals surface area contributed by atoms with Crippen molar-refractivity contribution in [1.82, 2.24) is 0 Å². The van der Waals surface area contributed by atoms with E-state index in [9.17, 15) is 0 Å². The van der Waals surface area contributed by atoms with Gasteiger partial charge in [-0.05, 0) is 23.1 Å². The highest BCUT2D eigenvalue weighted by atomic mass is 32.1. The molecule has 0 spiro atoms. The van der Waals surface area contributed by atoms with Gasteiger partial charge in [-0.2, -0.15) is 12.6 Å². The van der Waals surface area contributed by atoms with E-state index in [2.05, 4.69) is 57.4 Å². The van der Waals surface area contributed by atoms with Crippen LogP contribution in [0.25, 0.3) is 0 Å². The van der Waals surface area contributed by atoms with Crippen LogP contribution in [-0.2, 0) is 5.41 Å². The SMILES string of the molecule is CC(C)(C)c1ccc(N)c(C#CCS)c1. The van der Waals surface area contributed by atoms with Crippen molar-refractivity contribution in [3.05, 3.63) is 29.3 Å². The van der Waals surface area contributed by atoms with Crippen molar-refractivity contribution in [2.45, 2.75) is 26.2 Å². The topological polar surface area (TPSA) is 26.0 Å². The van der Waals surface area contributed by atoms with Gasteiger partial charge in [0, 0.05) is 11.3 Å². The third-order valence-electron chi connectivity index (χ3n) is 2.22. The third kappa shape index (κ3) is 3.21. The van der Waals surface area contributed by atoms with E-state index in [-0.39, 0.29) is 5.41 Å². The van der Waals surface area contributed by atoms with E-state index in [0.29, 0.717) is 5.75 Å². The van der Waals surface area contributed by atoms with E-state index in [1.54, 1.807) is 0 Å². The van der Waals surface area contributed by atoms with Gasteiger partial charge in [-0.25, -0.2) is 0 Å². The van der Waals surface area contributed by atoms with E-state index in [0.717, 1.165) is 11.3 Å². The number of hydrogen-bond donors (Lipinski definition) is 2. The lowest BCUT2D eigenvalue weighted by Crippen LogP contribution is -2.11. The summed E-state index contributed by atoms with van der Waals surface area (Å²) in [5.41, 5.74) is 8.86. The fourth-order valence-electron chi connectivity index (χ4n) is 1.27. The molecule has 2 N–H and O–H groups in total. The minimum absolute atomic E-state index is 0.130. The summed E-state index contributed by atoms with van der Waals surface area (Å²) in [4.78, 5) is 0. The molecule has 0 aromatic heterocycles. The third-order valence-corrected chi connectivity index (χ3v) is 2.38. The summed E-state index contributed by atoms with van der Waals surface area (Å²) < 4.78 is 0. The van der Waals surface area contributed by atoms with Gasteiger partial charge in [0.2, 0.25) is 0 Å². The Balaban J connectivity index is 3.17. The van der Waals surface area contributed by atoms with Crippen LogP contribution in [0.3, 0.4) is 0 Å². The van der Waals surface area contributed by atoms with Crippen molar-refractivity contribution >= 4 is 18.3 Å². The molecule has 0 bridgehead atoms. The summed E-state index contributed by atoms with van der Waals surface area (Å²) >= 11 is 4.05. The molecule has 15 heavy (non-hydrogen) atoms. The van der Waals surface area contributed by atoms with Crippen molar-refractivity contribution in [3.63, 3.8) is 0 Å². The minimum atomic E-state index is 0.130. The maximum absolute atomic E-state index is 5.85. The zero-order chi connectivity index (χ0) is 11.5. The predicted octanol–water partition coefficient (Wildman–Crippen LogP) is 2.85. The Kier molecular flexibility index (Phi) is 3.71. The number of nitrogens with two attached hydrogens (primary N) is 1. The molecule has 1 nitrogen and oxygen atoms in total. The maximum Gasteiger partial charge on any atom is 0.0521 e. The van der Waals surface area contributed by atoms with Gasteiger partial charge >= 0.3 is 0 Å². The number of nitrogen functional groups attached to an aromatic ring is 1. The summed E-state index contributed by atoms with van der Waals surface area (Å²) in [6.45, 7) is 6.52. The maximum atomic E-state index is 5.85. The highest BCUT2D eigenvalue weighted by molar-refractivity contribution is 7.80. The molecule has 1 rings (SSSR count). The fourth-order valence-corrected chi connectivity index (χ4v) is 1.34. The van der Waals surface area contributed by atoms with Crippen molar-refractivity contribution in [1.29, 1.82) is 0 Å². The zero-order valence-electron chi connectivity index (χ0n) is 9.46. The molecular weight excluding hydrogens is 202 g/mol. The molecule has 0 amide bonds. The predicted molar refractivity (Wildman–Crippen MR) is 70.3 cm³/mol. The van der Waals surface area contributed by atoms with E-state index in [4.69, 9.17) is 5.73 Å². The van der Waals surface area contributed by atoms with Crippen LogP contribution in [-0.4, -0.2) is 5.75 Å². The second kappa shape index (κ2) is 4.63. The molecule has 0 aliphatic rings. The summed E-state index contributed by atoms with van der Waals surface area (Å²) in [6.07, 6.45) is 0. The molecule has 0 saturated carbocycles. The number of benzene rings is 1. The number of hydrogen-bond acceptors (Lipinski definition) is 2. The molecule has 0 saturated heterocycles.